The first-order valence-corrected chi connectivity index (χ1v) is 4.90. The number of primary amides is 1. The van der Waals surface area contributed by atoms with Crippen molar-refractivity contribution in [3.05, 3.63) is 23.8 Å². The fraction of sp³-hybridized carbons (Fsp3) is 0.364. The van der Waals surface area contributed by atoms with E-state index >= 15 is 0 Å². The molecule has 0 saturated carbocycles. The van der Waals surface area contributed by atoms with Crippen LogP contribution in [0.15, 0.2) is 18.2 Å². The number of nitrogens with two attached hydrogens (primary N) is 1. The van der Waals surface area contributed by atoms with Crippen molar-refractivity contribution < 1.29 is 19.0 Å². The van der Waals surface area contributed by atoms with E-state index in [1.165, 1.54) is 0 Å². The number of fused-ring (bicyclic) bond motifs is 1. The summed E-state index contributed by atoms with van der Waals surface area (Å²) in [6.45, 7) is 3.70. The molecule has 5 nitrogen and oxygen atoms in total. The third-order valence-corrected chi connectivity index (χ3v) is 2.13. The monoisotopic (exact) mass is 259 g/mol. The molecule has 0 bridgehead atoms. The normalized spacial score (nSPS) is 14.9. The van der Waals surface area contributed by atoms with Gasteiger partial charge in [0.1, 0.15) is 6.61 Å². The average Bonchev–Trinajstić information content (AvgIpc) is 2.48. The topological polar surface area (TPSA) is 70.8 Å². The number of rotatable bonds is 2. The number of ether oxygens (including phenoxy) is 3. The SMILES string of the molecule is CC1(C)Oc2cccc(COC(N)=O)c2O1.Cl. The molecule has 0 unspecified atom stereocenters. The van der Waals surface area contributed by atoms with Crippen molar-refractivity contribution in [1.29, 1.82) is 0 Å². The van der Waals surface area contributed by atoms with E-state index in [1.807, 2.05) is 19.9 Å². The molecule has 1 aromatic rings. The lowest BCUT2D eigenvalue weighted by atomic mass is 10.2. The van der Waals surface area contributed by atoms with Gasteiger partial charge in [-0.3, -0.25) is 0 Å². The predicted molar refractivity (Wildman–Crippen MR) is 63.4 cm³/mol. The first-order chi connectivity index (χ1) is 7.48. The molecular formula is C11H14ClNO4. The fourth-order valence-corrected chi connectivity index (χ4v) is 1.55. The largest absolute Gasteiger partial charge is 0.449 e. The van der Waals surface area contributed by atoms with Crippen LogP contribution in [0.1, 0.15) is 19.4 Å². The Morgan fingerprint density at radius 2 is 2.12 bits per heavy atom. The number of carbonyl (C=O) groups is 1. The second kappa shape index (κ2) is 4.71. The van der Waals surface area contributed by atoms with E-state index in [-0.39, 0.29) is 19.0 Å². The Bertz CT molecular complexity index is 433. The highest BCUT2D eigenvalue weighted by molar-refractivity contribution is 5.85. The molecule has 94 valence electrons. The van der Waals surface area contributed by atoms with E-state index in [2.05, 4.69) is 0 Å². The first-order valence-electron chi connectivity index (χ1n) is 4.90. The van der Waals surface area contributed by atoms with E-state index in [0.29, 0.717) is 11.5 Å². The molecule has 0 fully saturated rings. The van der Waals surface area contributed by atoms with Crippen LogP contribution in [0.4, 0.5) is 4.79 Å². The van der Waals surface area contributed by atoms with Crippen molar-refractivity contribution >= 4 is 18.5 Å². The number of hydrogen-bond donors (Lipinski definition) is 1. The van der Waals surface area contributed by atoms with Gasteiger partial charge in [-0.05, 0) is 6.07 Å². The lowest BCUT2D eigenvalue weighted by Gasteiger charge is -2.16. The smallest absolute Gasteiger partial charge is 0.404 e. The van der Waals surface area contributed by atoms with Crippen LogP contribution in [-0.4, -0.2) is 11.9 Å². The second-order valence-electron chi connectivity index (χ2n) is 3.96. The van der Waals surface area contributed by atoms with Gasteiger partial charge < -0.3 is 19.9 Å². The van der Waals surface area contributed by atoms with Gasteiger partial charge >= 0.3 is 6.09 Å². The molecule has 1 amide bonds. The van der Waals surface area contributed by atoms with Crippen molar-refractivity contribution in [3.8, 4) is 11.5 Å². The minimum atomic E-state index is -0.809. The number of benzene rings is 1. The maximum atomic E-state index is 10.5. The average molecular weight is 260 g/mol. The number of hydrogen-bond acceptors (Lipinski definition) is 4. The van der Waals surface area contributed by atoms with Gasteiger partial charge in [-0.1, -0.05) is 12.1 Å². The summed E-state index contributed by atoms with van der Waals surface area (Å²) in [5.74, 6) is 0.565. The van der Waals surface area contributed by atoms with E-state index in [0.717, 1.165) is 5.56 Å². The number of carbonyl (C=O) groups excluding carboxylic acids is 1. The van der Waals surface area contributed by atoms with Gasteiger partial charge in [0, 0.05) is 19.4 Å². The Balaban J connectivity index is 0.00000144. The Labute approximate surface area is 105 Å². The Kier molecular flexibility index (Phi) is 3.72. The minimum Gasteiger partial charge on any atom is -0.449 e. The molecule has 0 saturated heterocycles. The maximum absolute atomic E-state index is 10.5. The quantitative estimate of drug-likeness (QED) is 0.884. The van der Waals surface area contributed by atoms with Gasteiger partial charge in [-0.2, -0.15) is 0 Å². The van der Waals surface area contributed by atoms with Crippen molar-refractivity contribution in [1.82, 2.24) is 0 Å². The third-order valence-electron chi connectivity index (χ3n) is 2.13. The molecule has 0 spiro atoms. The molecule has 1 aliphatic heterocycles. The zero-order chi connectivity index (χ0) is 11.8. The molecular weight excluding hydrogens is 246 g/mol. The highest BCUT2D eigenvalue weighted by Crippen LogP contribution is 2.41. The molecule has 1 heterocycles. The van der Waals surface area contributed by atoms with Crippen molar-refractivity contribution in [2.24, 2.45) is 5.73 Å². The number of amides is 1. The van der Waals surface area contributed by atoms with Gasteiger partial charge in [0.15, 0.2) is 11.5 Å². The van der Waals surface area contributed by atoms with Crippen molar-refractivity contribution in [2.75, 3.05) is 0 Å². The van der Waals surface area contributed by atoms with Crippen molar-refractivity contribution in [3.63, 3.8) is 0 Å². The first kappa shape index (κ1) is 13.4. The van der Waals surface area contributed by atoms with Crippen LogP contribution in [0, 0.1) is 0 Å². The summed E-state index contributed by atoms with van der Waals surface area (Å²) < 4.78 is 15.9. The summed E-state index contributed by atoms with van der Waals surface area (Å²) in [4.78, 5) is 10.5. The zero-order valence-electron chi connectivity index (χ0n) is 9.56. The minimum absolute atomic E-state index is 0. The van der Waals surface area contributed by atoms with Crippen LogP contribution < -0.4 is 15.2 Å². The molecule has 0 radical (unpaired) electrons. The van der Waals surface area contributed by atoms with E-state index in [1.54, 1.807) is 12.1 Å². The predicted octanol–water partition coefficient (Wildman–Crippen LogP) is 2.21. The third kappa shape index (κ3) is 2.94. The summed E-state index contributed by atoms with van der Waals surface area (Å²) >= 11 is 0. The zero-order valence-corrected chi connectivity index (χ0v) is 10.4. The highest BCUT2D eigenvalue weighted by Gasteiger charge is 2.33. The molecule has 0 aliphatic carbocycles. The molecule has 17 heavy (non-hydrogen) atoms. The summed E-state index contributed by atoms with van der Waals surface area (Å²) in [6, 6.07) is 5.41. The standard InChI is InChI=1S/C11H13NO4.ClH/c1-11(2)15-8-5-3-4-7(9(8)16-11)6-14-10(12)13;/h3-5H,6H2,1-2H3,(H2,12,13);1H. The lowest BCUT2D eigenvalue weighted by molar-refractivity contribution is -0.0437. The Morgan fingerprint density at radius 1 is 1.41 bits per heavy atom. The van der Waals surface area contributed by atoms with E-state index in [9.17, 15) is 4.79 Å². The summed E-state index contributed by atoms with van der Waals surface area (Å²) in [7, 11) is 0. The molecule has 0 atom stereocenters. The van der Waals surface area contributed by atoms with Gasteiger partial charge in [-0.25, -0.2) is 4.79 Å². The fourth-order valence-electron chi connectivity index (χ4n) is 1.55. The van der Waals surface area contributed by atoms with Crippen LogP contribution in [0.25, 0.3) is 0 Å². The number of para-hydroxylation sites is 1. The summed E-state index contributed by atoms with van der Waals surface area (Å²) in [5.41, 5.74) is 5.64. The molecule has 2 rings (SSSR count). The molecule has 0 aromatic heterocycles. The molecule has 1 aromatic carbocycles. The van der Waals surface area contributed by atoms with Crippen molar-refractivity contribution in [2.45, 2.75) is 26.2 Å². The van der Waals surface area contributed by atoms with Crippen LogP contribution in [0.3, 0.4) is 0 Å². The number of halogens is 1. The van der Waals surface area contributed by atoms with Crippen LogP contribution in [0.5, 0.6) is 11.5 Å². The van der Waals surface area contributed by atoms with E-state index < -0.39 is 11.9 Å². The second-order valence-corrected chi connectivity index (χ2v) is 3.96. The summed E-state index contributed by atoms with van der Waals surface area (Å²) in [5, 5.41) is 0. The molecule has 2 N–H and O–H groups in total. The van der Waals surface area contributed by atoms with Crippen LogP contribution in [-0.2, 0) is 11.3 Å². The highest BCUT2D eigenvalue weighted by atomic mass is 35.5. The molecule has 6 heteroatoms. The summed E-state index contributed by atoms with van der Waals surface area (Å²) in [6.07, 6.45) is -0.809. The molecule has 1 aliphatic rings. The van der Waals surface area contributed by atoms with Gasteiger partial charge in [0.05, 0.1) is 0 Å². The Morgan fingerprint density at radius 3 is 2.76 bits per heavy atom. The van der Waals surface area contributed by atoms with E-state index in [4.69, 9.17) is 19.9 Å². The lowest BCUT2D eigenvalue weighted by Crippen LogP contribution is -2.30. The maximum Gasteiger partial charge on any atom is 0.404 e. The van der Waals surface area contributed by atoms with Crippen LogP contribution in [0.2, 0.25) is 0 Å². The van der Waals surface area contributed by atoms with Gasteiger partial charge in [-0.15, -0.1) is 12.4 Å². The van der Waals surface area contributed by atoms with Crippen LogP contribution >= 0.6 is 12.4 Å². The Hall–Kier alpha value is -1.62. The van der Waals surface area contributed by atoms with Gasteiger partial charge in [0.25, 0.3) is 0 Å². The van der Waals surface area contributed by atoms with Gasteiger partial charge in [0.2, 0.25) is 5.79 Å².